The Bertz CT molecular complexity index is 673. The van der Waals surface area contributed by atoms with Crippen molar-refractivity contribution in [1.82, 2.24) is 5.32 Å². The highest BCUT2D eigenvalue weighted by molar-refractivity contribution is 7.80. The zero-order chi connectivity index (χ0) is 18.4. The largest absolute Gasteiger partial charge is 0.573 e. The van der Waals surface area contributed by atoms with Crippen LogP contribution >= 0.6 is 12.2 Å². The average molecular weight is 374 g/mol. The van der Waals surface area contributed by atoms with Crippen molar-refractivity contribution in [3.63, 3.8) is 0 Å². The number of thiocarbonyl (C=S) groups is 1. The number of likely N-dealkylation sites (N-methyl/N-ethyl adjacent to an activating group) is 1. The molecule has 1 aromatic heterocycles. The minimum atomic E-state index is -4.71. The minimum absolute atomic E-state index is 0.0670. The number of ether oxygens (including phenoxy) is 1. The van der Waals surface area contributed by atoms with Crippen molar-refractivity contribution in [2.75, 3.05) is 26.0 Å². The first-order chi connectivity index (χ1) is 11.7. The van der Waals surface area contributed by atoms with E-state index in [-0.39, 0.29) is 11.8 Å². The zero-order valence-corrected chi connectivity index (χ0v) is 14.5. The van der Waals surface area contributed by atoms with Crippen LogP contribution < -0.4 is 20.3 Å². The molecule has 5 nitrogen and oxygen atoms in total. The Balaban J connectivity index is 1.87. The lowest BCUT2D eigenvalue weighted by atomic mass is 10.2. The van der Waals surface area contributed by atoms with Crippen LogP contribution in [0.2, 0.25) is 0 Å². The molecule has 0 saturated carbocycles. The summed E-state index contributed by atoms with van der Waals surface area (Å²) < 4.78 is 45.6. The van der Waals surface area contributed by atoms with Gasteiger partial charge in [-0.15, -0.1) is 13.2 Å². The van der Waals surface area contributed by atoms with E-state index in [4.69, 9.17) is 16.6 Å². The first-order valence-corrected chi connectivity index (χ1v) is 7.89. The van der Waals surface area contributed by atoms with Gasteiger partial charge in [0.2, 0.25) is 0 Å². The number of nitrogens with one attached hydrogen (secondary N) is 3. The average Bonchev–Trinajstić information content (AvgIpc) is 3.02. The molecule has 25 heavy (non-hydrogen) atoms. The predicted molar refractivity (Wildman–Crippen MR) is 91.6 cm³/mol. The molecule has 9 heteroatoms. The lowest BCUT2D eigenvalue weighted by Crippen LogP contribution is -3.07. The molecule has 3 N–H and O–H groups in total. The molecule has 0 aliphatic carbocycles. The molecule has 0 spiro atoms. The fourth-order valence-corrected chi connectivity index (χ4v) is 2.39. The van der Waals surface area contributed by atoms with E-state index in [0.29, 0.717) is 17.3 Å². The monoisotopic (exact) mass is 374 g/mol. The van der Waals surface area contributed by atoms with Gasteiger partial charge in [-0.3, -0.25) is 0 Å². The molecular formula is C16H19F3N3O2S+. The standard InChI is InChI=1S/C16H18F3N3O2S/c1-22(2)13(14-4-3-9-23-14)10-20-15(25)21-11-5-7-12(8-6-11)24-16(17,18)19/h3-9,13H,10H2,1-2H3,(H2,20,21,25)/p+1/t13-/m1/s1. The summed E-state index contributed by atoms with van der Waals surface area (Å²) in [5.74, 6) is 0.551. The number of anilines is 1. The summed E-state index contributed by atoms with van der Waals surface area (Å²) in [6, 6.07) is 9.13. The molecule has 0 aliphatic rings. The SMILES string of the molecule is C[NH+](C)[C@H](CNC(=S)Nc1ccc(OC(F)(F)F)cc1)c1ccco1. The summed E-state index contributed by atoms with van der Waals surface area (Å²) in [7, 11) is 4.01. The first-order valence-electron chi connectivity index (χ1n) is 7.49. The number of benzene rings is 1. The number of quaternary nitrogens is 1. The summed E-state index contributed by atoms with van der Waals surface area (Å²) >= 11 is 5.22. The lowest BCUT2D eigenvalue weighted by molar-refractivity contribution is -0.891. The van der Waals surface area contributed by atoms with Crippen LogP contribution in [0.5, 0.6) is 5.75 Å². The molecule has 1 aromatic carbocycles. The van der Waals surface area contributed by atoms with Gasteiger partial charge in [0.1, 0.15) is 5.75 Å². The Morgan fingerprint density at radius 2 is 1.92 bits per heavy atom. The number of furan rings is 1. The molecule has 0 unspecified atom stereocenters. The van der Waals surface area contributed by atoms with Crippen LogP contribution in [0.15, 0.2) is 47.1 Å². The van der Waals surface area contributed by atoms with Crippen LogP contribution in [0.4, 0.5) is 18.9 Å². The van der Waals surface area contributed by atoms with Crippen molar-refractivity contribution in [1.29, 1.82) is 0 Å². The highest BCUT2D eigenvalue weighted by Crippen LogP contribution is 2.23. The van der Waals surface area contributed by atoms with Gasteiger partial charge in [-0.2, -0.15) is 0 Å². The van der Waals surface area contributed by atoms with Crippen LogP contribution in [0, 0.1) is 0 Å². The Kier molecular flexibility index (Phi) is 6.27. The first kappa shape index (κ1) is 19.1. The van der Waals surface area contributed by atoms with Crippen LogP contribution in [0.1, 0.15) is 11.8 Å². The van der Waals surface area contributed by atoms with E-state index in [0.717, 1.165) is 5.76 Å². The molecule has 1 atom stereocenters. The lowest BCUT2D eigenvalue weighted by Gasteiger charge is -2.21. The Morgan fingerprint density at radius 3 is 2.44 bits per heavy atom. The highest BCUT2D eigenvalue weighted by Gasteiger charge is 2.31. The second-order valence-corrected chi connectivity index (χ2v) is 5.96. The number of hydrogen-bond donors (Lipinski definition) is 3. The fraction of sp³-hybridized carbons (Fsp3) is 0.312. The van der Waals surface area contributed by atoms with Crippen molar-refractivity contribution in [3.05, 3.63) is 48.4 Å². The zero-order valence-electron chi connectivity index (χ0n) is 13.7. The van der Waals surface area contributed by atoms with E-state index in [1.165, 1.54) is 29.2 Å². The van der Waals surface area contributed by atoms with Gasteiger partial charge in [-0.1, -0.05) is 0 Å². The van der Waals surface area contributed by atoms with Gasteiger partial charge in [-0.25, -0.2) is 0 Å². The molecule has 0 aliphatic heterocycles. The molecule has 2 aromatic rings. The third-order valence-electron chi connectivity index (χ3n) is 3.40. The number of hydrogen-bond acceptors (Lipinski definition) is 3. The molecular weight excluding hydrogens is 355 g/mol. The molecule has 136 valence electrons. The van der Waals surface area contributed by atoms with Crippen molar-refractivity contribution in [2.45, 2.75) is 12.4 Å². The van der Waals surface area contributed by atoms with Crippen molar-refractivity contribution >= 4 is 23.0 Å². The van der Waals surface area contributed by atoms with E-state index in [1.54, 1.807) is 6.26 Å². The fourth-order valence-electron chi connectivity index (χ4n) is 2.19. The third-order valence-corrected chi connectivity index (χ3v) is 3.64. The van der Waals surface area contributed by atoms with Crippen LogP contribution in [0.25, 0.3) is 0 Å². The van der Waals surface area contributed by atoms with Gasteiger partial charge in [0, 0.05) is 5.69 Å². The van der Waals surface area contributed by atoms with Gasteiger partial charge in [-0.05, 0) is 48.6 Å². The molecule has 2 rings (SSSR count). The third kappa shape index (κ3) is 6.28. The second kappa shape index (κ2) is 8.21. The maximum absolute atomic E-state index is 12.1. The maximum atomic E-state index is 12.1. The van der Waals surface area contributed by atoms with Crippen molar-refractivity contribution < 1.29 is 27.2 Å². The topological polar surface area (TPSA) is 50.9 Å². The van der Waals surface area contributed by atoms with Gasteiger partial charge in [0.05, 0.1) is 26.9 Å². The summed E-state index contributed by atoms with van der Waals surface area (Å²) in [6.07, 6.45) is -3.09. The van der Waals surface area contributed by atoms with Crippen LogP contribution in [-0.2, 0) is 0 Å². The molecule has 0 bridgehead atoms. The van der Waals surface area contributed by atoms with Gasteiger partial charge < -0.3 is 24.7 Å². The molecule has 0 saturated heterocycles. The Labute approximate surface area is 148 Å². The Morgan fingerprint density at radius 1 is 1.24 bits per heavy atom. The predicted octanol–water partition coefficient (Wildman–Crippen LogP) is 2.35. The van der Waals surface area contributed by atoms with Gasteiger partial charge >= 0.3 is 6.36 Å². The smallest absolute Gasteiger partial charge is 0.463 e. The second-order valence-electron chi connectivity index (χ2n) is 5.55. The Hall–Kier alpha value is -2.26. The summed E-state index contributed by atoms with van der Waals surface area (Å²) in [4.78, 5) is 1.17. The summed E-state index contributed by atoms with van der Waals surface area (Å²) in [6.45, 7) is 0.539. The molecule has 0 amide bonds. The maximum Gasteiger partial charge on any atom is 0.573 e. The minimum Gasteiger partial charge on any atom is -0.463 e. The quantitative estimate of drug-likeness (QED) is 0.678. The van der Waals surface area contributed by atoms with Crippen molar-refractivity contribution in [2.24, 2.45) is 0 Å². The van der Waals surface area contributed by atoms with E-state index < -0.39 is 6.36 Å². The van der Waals surface area contributed by atoms with E-state index in [2.05, 4.69) is 15.4 Å². The summed E-state index contributed by atoms with van der Waals surface area (Å²) in [5.41, 5.74) is 0.554. The molecule has 1 heterocycles. The molecule has 0 radical (unpaired) electrons. The molecule has 0 fully saturated rings. The van der Waals surface area contributed by atoms with Gasteiger partial charge in [0.25, 0.3) is 0 Å². The van der Waals surface area contributed by atoms with Crippen molar-refractivity contribution in [3.8, 4) is 5.75 Å². The van der Waals surface area contributed by atoms with E-state index in [9.17, 15) is 13.2 Å². The van der Waals surface area contributed by atoms with E-state index >= 15 is 0 Å². The van der Waals surface area contributed by atoms with Crippen LogP contribution in [0.3, 0.4) is 0 Å². The number of alkyl halides is 3. The number of rotatable bonds is 6. The highest BCUT2D eigenvalue weighted by atomic mass is 32.1. The number of halogens is 3. The van der Waals surface area contributed by atoms with Gasteiger partial charge in [0.15, 0.2) is 16.9 Å². The normalized spacial score (nSPS) is 12.7. The van der Waals surface area contributed by atoms with Crippen LogP contribution in [-0.4, -0.2) is 32.1 Å². The van der Waals surface area contributed by atoms with E-state index in [1.807, 2.05) is 26.2 Å². The summed E-state index contributed by atoms with van der Waals surface area (Å²) in [5, 5.41) is 6.36.